The lowest BCUT2D eigenvalue weighted by molar-refractivity contribution is -0.118. The Morgan fingerprint density at radius 1 is 1.14 bits per heavy atom. The molecule has 0 radical (unpaired) electrons. The zero-order chi connectivity index (χ0) is 24.4. The second kappa shape index (κ2) is 9.43. The minimum Gasteiger partial charge on any atom is -0.482 e. The minimum absolute atomic E-state index is 0.00490. The van der Waals surface area contributed by atoms with Crippen LogP contribution in [0.15, 0.2) is 55.0 Å². The number of aliphatic hydroxyl groups is 1. The van der Waals surface area contributed by atoms with Crippen molar-refractivity contribution in [1.29, 1.82) is 0 Å². The molecule has 1 aliphatic rings. The summed E-state index contributed by atoms with van der Waals surface area (Å²) in [7, 11) is 0. The first-order valence-corrected chi connectivity index (χ1v) is 11.1. The maximum absolute atomic E-state index is 12.9. The second-order valence-electron chi connectivity index (χ2n) is 8.27. The van der Waals surface area contributed by atoms with Gasteiger partial charge >= 0.3 is 0 Å². The summed E-state index contributed by atoms with van der Waals surface area (Å²) in [6, 6.07) is 13.1. The van der Waals surface area contributed by atoms with Gasteiger partial charge in [-0.25, -0.2) is 9.97 Å². The first-order valence-electron chi connectivity index (χ1n) is 11.1. The van der Waals surface area contributed by atoms with E-state index in [2.05, 4.69) is 30.9 Å². The van der Waals surface area contributed by atoms with Crippen LogP contribution in [-0.4, -0.2) is 38.5 Å². The third-order valence-electron chi connectivity index (χ3n) is 5.75. The number of benzene rings is 2. The average molecular weight is 473 g/mol. The molecular weight excluding hydrogens is 448 g/mol. The molecule has 5 N–H and O–H groups in total. The standard InChI is InChI=1S/C25H24N6O4/c1-14(32)17-5-2-15(3-6-17)9-26-19-11-27-23-22(19)29-13-30-24(23)25(34)28-10-16-4-7-20-18(8-16)31-21(33)12-35-20/h2-8,11,13-14,26-27,32H,9-10,12H2,1H3,(H,28,34)(H,31,33). The van der Waals surface area contributed by atoms with Crippen LogP contribution in [0.5, 0.6) is 5.75 Å². The van der Waals surface area contributed by atoms with Gasteiger partial charge in [-0.2, -0.15) is 0 Å². The van der Waals surface area contributed by atoms with Gasteiger partial charge in [-0.15, -0.1) is 0 Å². The smallest absolute Gasteiger partial charge is 0.272 e. The zero-order valence-electron chi connectivity index (χ0n) is 19.0. The van der Waals surface area contributed by atoms with Crippen LogP contribution in [-0.2, 0) is 17.9 Å². The van der Waals surface area contributed by atoms with Gasteiger partial charge in [0, 0.05) is 19.3 Å². The average Bonchev–Trinajstić information content (AvgIpc) is 3.29. The predicted molar refractivity (Wildman–Crippen MR) is 130 cm³/mol. The van der Waals surface area contributed by atoms with Crippen LogP contribution in [0.4, 0.5) is 11.4 Å². The minimum atomic E-state index is -0.506. The summed E-state index contributed by atoms with van der Waals surface area (Å²) >= 11 is 0. The molecule has 0 bridgehead atoms. The van der Waals surface area contributed by atoms with E-state index in [1.807, 2.05) is 30.3 Å². The van der Waals surface area contributed by atoms with Crippen LogP contribution in [0.3, 0.4) is 0 Å². The Labute approximate surface area is 200 Å². The van der Waals surface area contributed by atoms with E-state index in [0.29, 0.717) is 29.0 Å². The third-order valence-corrected chi connectivity index (χ3v) is 5.75. The number of ether oxygens (including phenoxy) is 1. The second-order valence-corrected chi connectivity index (χ2v) is 8.27. The molecule has 0 saturated heterocycles. The number of hydrogen-bond donors (Lipinski definition) is 5. The quantitative estimate of drug-likeness (QED) is 0.278. The van der Waals surface area contributed by atoms with Gasteiger partial charge in [-0.1, -0.05) is 30.3 Å². The van der Waals surface area contributed by atoms with Gasteiger partial charge < -0.3 is 30.8 Å². The van der Waals surface area contributed by atoms with Crippen LogP contribution in [0.25, 0.3) is 11.0 Å². The lowest BCUT2D eigenvalue weighted by Gasteiger charge is -2.18. The molecule has 4 aromatic rings. The topological polar surface area (TPSA) is 141 Å². The number of hydrogen-bond acceptors (Lipinski definition) is 7. The van der Waals surface area contributed by atoms with Crippen LogP contribution in [0.2, 0.25) is 0 Å². The van der Waals surface area contributed by atoms with E-state index in [1.165, 1.54) is 6.33 Å². The van der Waals surface area contributed by atoms with E-state index >= 15 is 0 Å². The number of amides is 2. The summed E-state index contributed by atoms with van der Waals surface area (Å²) < 4.78 is 5.36. The Morgan fingerprint density at radius 3 is 2.74 bits per heavy atom. The molecule has 0 saturated carbocycles. The lowest BCUT2D eigenvalue weighted by atomic mass is 10.1. The number of aromatic nitrogens is 3. The fourth-order valence-corrected chi connectivity index (χ4v) is 3.86. The molecule has 178 valence electrons. The van der Waals surface area contributed by atoms with Gasteiger partial charge in [0.05, 0.1) is 23.0 Å². The van der Waals surface area contributed by atoms with Crippen LogP contribution < -0.4 is 20.7 Å². The number of aromatic amines is 1. The van der Waals surface area contributed by atoms with Gasteiger partial charge in [0.15, 0.2) is 12.3 Å². The van der Waals surface area contributed by atoms with Crippen molar-refractivity contribution in [2.24, 2.45) is 0 Å². The molecule has 2 aromatic heterocycles. The van der Waals surface area contributed by atoms with Crippen LogP contribution in [0, 0.1) is 0 Å². The van der Waals surface area contributed by atoms with Crippen molar-refractivity contribution >= 4 is 34.2 Å². The lowest BCUT2D eigenvalue weighted by Crippen LogP contribution is -2.26. The third kappa shape index (κ3) is 4.78. The highest BCUT2D eigenvalue weighted by atomic mass is 16.5. The molecule has 1 unspecified atom stereocenters. The van der Waals surface area contributed by atoms with Crippen molar-refractivity contribution in [2.75, 3.05) is 17.2 Å². The van der Waals surface area contributed by atoms with Crippen molar-refractivity contribution < 1.29 is 19.4 Å². The molecule has 2 aromatic carbocycles. The number of carbonyl (C=O) groups excluding carboxylic acids is 2. The number of H-pyrrole nitrogens is 1. The molecule has 0 aliphatic carbocycles. The molecule has 35 heavy (non-hydrogen) atoms. The van der Waals surface area contributed by atoms with E-state index in [1.54, 1.807) is 25.3 Å². The first kappa shape index (κ1) is 22.4. The first-order chi connectivity index (χ1) is 17.0. The molecule has 5 rings (SSSR count). The summed E-state index contributed by atoms with van der Waals surface area (Å²) in [5, 5.41) is 18.6. The molecule has 1 atom stereocenters. The summed E-state index contributed by atoms with van der Waals surface area (Å²) in [4.78, 5) is 36.0. The van der Waals surface area contributed by atoms with Gasteiger partial charge in [-0.05, 0) is 35.7 Å². The Bertz CT molecular complexity index is 1400. The fraction of sp³-hybridized carbons (Fsp3) is 0.200. The summed E-state index contributed by atoms with van der Waals surface area (Å²) in [6.07, 6.45) is 2.61. The van der Waals surface area contributed by atoms with Crippen LogP contribution >= 0.6 is 0 Å². The largest absolute Gasteiger partial charge is 0.482 e. The Hall–Kier alpha value is -4.44. The van der Waals surface area contributed by atoms with Gasteiger partial charge in [0.1, 0.15) is 17.6 Å². The zero-order valence-corrected chi connectivity index (χ0v) is 19.0. The molecule has 10 nitrogen and oxygen atoms in total. The van der Waals surface area contributed by atoms with Crippen molar-refractivity contribution in [3.63, 3.8) is 0 Å². The normalized spacial score (nSPS) is 13.5. The number of nitrogens with one attached hydrogen (secondary N) is 4. The molecule has 0 fully saturated rings. The highest BCUT2D eigenvalue weighted by Crippen LogP contribution is 2.28. The number of aliphatic hydroxyl groups excluding tert-OH is 1. The van der Waals surface area contributed by atoms with Gasteiger partial charge in [-0.3, -0.25) is 9.59 Å². The maximum atomic E-state index is 12.9. The van der Waals surface area contributed by atoms with E-state index in [4.69, 9.17) is 4.74 Å². The SMILES string of the molecule is CC(O)c1ccc(CNc2c[nH]c3c(C(=O)NCc4ccc5c(c4)NC(=O)CO5)ncnc23)cc1. The van der Waals surface area contributed by atoms with Gasteiger partial charge in [0.2, 0.25) is 0 Å². The number of carbonyl (C=O) groups is 2. The van der Waals surface area contributed by atoms with E-state index in [0.717, 1.165) is 22.4 Å². The molecule has 10 heteroatoms. The highest BCUT2D eigenvalue weighted by molar-refractivity contribution is 6.05. The van der Waals surface area contributed by atoms with Crippen molar-refractivity contribution in [2.45, 2.75) is 26.1 Å². The van der Waals surface area contributed by atoms with E-state index < -0.39 is 6.10 Å². The number of nitrogens with zero attached hydrogens (tertiary/aromatic N) is 2. The summed E-state index contributed by atoms with van der Waals surface area (Å²) in [5.74, 6) is 0.0370. The summed E-state index contributed by atoms with van der Waals surface area (Å²) in [6.45, 7) is 2.53. The molecule has 2 amide bonds. The molecular formula is C25H24N6O4. The predicted octanol–water partition coefficient (Wildman–Crippen LogP) is 2.88. The Kier molecular flexibility index (Phi) is 6.02. The Balaban J connectivity index is 1.26. The summed E-state index contributed by atoms with van der Waals surface area (Å²) in [5.41, 5.74) is 5.42. The Morgan fingerprint density at radius 2 is 1.94 bits per heavy atom. The molecule has 1 aliphatic heterocycles. The van der Waals surface area contributed by atoms with Crippen molar-refractivity contribution in [3.8, 4) is 5.75 Å². The number of fused-ring (bicyclic) bond motifs is 2. The number of rotatable bonds is 7. The van der Waals surface area contributed by atoms with Crippen LogP contribution in [0.1, 0.15) is 40.2 Å². The van der Waals surface area contributed by atoms with Crippen molar-refractivity contribution in [1.82, 2.24) is 20.3 Å². The van der Waals surface area contributed by atoms with Gasteiger partial charge in [0.25, 0.3) is 11.8 Å². The maximum Gasteiger partial charge on any atom is 0.272 e. The van der Waals surface area contributed by atoms with E-state index in [-0.39, 0.29) is 30.7 Å². The number of anilines is 2. The molecule has 3 heterocycles. The fourth-order valence-electron chi connectivity index (χ4n) is 3.86. The van der Waals surface area contributed by atoms with E-state index in [9.17, 15) is 14.7 Å². The van der Waals surface area contributed by atoms with Crippen molar-refractivity contribution in [3.05, 3.63) is 77.4 Å². The monoisotopic (exact) mass is 472 g/mol. The highest BCUT2D eigenvalue weighted by Gasteiger charge is 2.18. The molecule has 0 spiro atoms.